The summed E-state index contributed by atoms with van der Waals surface area (Å²) in [6.07, 6.45) is 3.45. The number of rotatable bonds is 8. The highest BCUT2D eigenvalue weighted by molar-refractivity contribution is 7.98. The second kappa shape index (κ2) is 8.84. The Morgan fingerprint density at radius 3 is 2.62 bits per heavy atom. The van der Waals surface area contributed by atoms with E-state index in [4.69, 9.17) is 10.8 Å². The van der Waals surface area contributed by atoms with E-state index in [2.05, 4.69) is 5.32 Å². The number of aliphatic hydroxyl groups excluding tert-OH is 1. The monoisotopic (exact) mass is 248 g/mol. The topological polar surface area (TPSA) is 75.4 Å². The molecular formula is C11H24N2O2S. The van der Waals surface area contributed by atoms with E-state index in [-0.39, 0.29) is 24.5 Å². The van der Waals surface area contributed by atoms with Crippen molar-refractivity contribution in [2.24, 2.45) is 11.7 Å². The molecule has 0 aromatic carbocycles. The molecule has 0 aliphatic rings. The number of aliphatic hydroxyl groups is 1. The molecule has 0 radical (unpaired) electrons. The summed E-state index contributed by atoms with van der Waals surface area (Å²) in [7, 11) is 0. The van der Waals surface area contributed by atoms with Crippen LogP contribution in [-0.2, 0) is 4.79 Å². The first kappa shape index (κ1) is 15.7. The van der Waals surface area contributed by atoms with Gasteiger partial charge in [0.05, 0.1) is 6.04 Å². The molecule has 1 amide bonds. The second-order valence-electron chi connectivity index (χ2n) is 4.08. The molecule has 0 fully saturated rings. The zero-order valence-electron chi connectivity index (χ0n) is 10.4. The summed E-state index contributed by atoms with van der Waals surface area (Å²) in [6.45, 7) is 4.08. The predicted molar refractivity (Wildman–Crippen MR) is 69.4 cm³/mol. The van der Waals surface area contributed by atoms with Crippen LogP contribution < -0.4 is 11.1 Å². The molecule has 0 aliphatic heterocycles. The Balaban J connectivity index is 4.16. The molecule has 0 spiro atoms. The summed E-state index contributed by atoms with van der Waals surface area (Å²) >= 11 is 1.65. The van der Waals surface area contributed by atoms with Gasteiger partial charge in [-0.25, -0.2) is 0 Å². The molecule has 0 heterocycles. The van der Waals surface area contributed by atoms with Crippen LogP contribution in [0.15, 0.2) is 0 Å². The lowest BCUT2D eigenvalue weighted by Crippen LogP contribution is -2.49. The number of carbonyl (C=O) groups excluding carboxylic acids is 1. The van der Waals surface area contributed by atoms with Crippen LogP contribution in [0.3, 0.4) is 0 Å². The first-order chi connectivity index (χ1) is 7.56. The highest BCUT2D eigenvalue weighted by atomic mass is 32.2. The van der Waals surface area contributed by atoms with Crippen molar-refractivity contribution in [3.8, 4) is 0 Å². The lowest BCUT2D eigenvalue weighted by Gasteiger charge is -2.22. The quantitative estimate of drug-likeness (QED) is 0.588. The number of hydrogen-bond acceptors (Lipinski definition) is 4. The van der Waals surface area contributed by atoms with Crippen molar-refractivity contribution >= 4 is 17.7 Å². The minimum absolute atomic E-state index is 0.0163. The van der Waals surface area contributed by atoms with Crippen LogP contribution in [-0.4, -0.2) is 41.7 Å². The van der Waals surface area contributed by atoms with Crippen LogP contribution in [0.5, 0.6) is 0 Å². The molecule has 5 heteroatoms. The fourth-order valence-electron chi connectivity index (χ4n) is 1.36. The van der Waals surface area contributed by atoms with Gasteiger partial charge in [0.25, 0.3) is 0 Å². The third kappa shape index (κ3) is 5.72. The van der Waals surface area contributed by atoms with Crippen molar-refractivity contribution in [3.05, 3.63) is 0 Å². The fraction of sp³-hybridized carbons (Fsp3) is 0.909. The first-order valence-electron chi connectivity index (χ1n) is 5.72. The number of thioether (sulfide) groups is 1. The average Bonchev–Trinajstić information content (AvgIpc) is 2.27. The van der Waals surface area contributed by atoms with Gasteiger partial charge in [-0.3, -0.25) is 4.79 Å². The van der Waals surface area contributed by atoms with Crippen molar-refractivity contribution in [1.82, 2.24) is 5.32 Å². The summed E-state index contributed by atoms with van der Waals surface area (Å²) in [5.41, 5.74) is 5.83. The SMILES string of the molecule is CCC(C)C(N)C(=O)NC(CCO)CSC. The van der Waals surface area contributed by atoms with Crippen molar-refractivity contribution in [1.29, 1.82) is 0 Å². The van der Waals surface area contributed by atoms with Gasteiger partial charge in [-0.05, 0) is 18.6 Å². The van der Waals surface area contributed by atoms with E-state index in [0.29, 0.717) is 6.42 Å². The molecule has 4 N–H and O–H groups in total. The van der Waals surface area contributed by atoms with Gasteiger partial charge in [-0.15, -0.1) is 0 Å². The fourth-order valence-corrected chi connectivity index (χ4v) is 2.02. The summed E-state index contributed by atoms with van der Waals surface area (Å²) in [5, 5.41) is 11.8. The Morgan fingerprint density at radius 1 is 1.56 bits per heavy atom. The molecule has 0 aromatic heterocycles. The van der Waals surface area contributed by atoms with Crippen LogP contribution >= 0.6 is 11.8 Å². The van der Waals surface area contributed by atoms with Crippen LogP contribution in [0.25, 0.3) is 0 Å². The third-order valence-corrected chi connectivity index (χ3v) is 3.49. The maximum atomic E-state index is 11.8. The van der Waals surface area contributed by atoms with E-state index < -0.39 is 6.04 Å². The first-order valence-corrected chi connectivity index (χ1v) is 7.11. The zero-order chi connectivity index (χ0) is 12.6. The van der Waals surface area contributed by atoms with E-state index in [0.717, 1.165) is 12.2 Å². The summed E-state index contributed by atoms with van der Waals surface area (Å²) < 4.78 is 0. The van der Waals surface area contributed by atoms with Crippen LogP contribution in [0.1, 0.15) is 26.7 Å². The van der Waals surface area contributed by atoms with Gasteiger partial charge in [0.15, 0.2) is 0 Å². The van der Waals surface area contributed by atoms with Gasteiger partial charge in [-0.1, -0.05) is 20.3 Å². The molecule has 0 saturated carbocycles. The molecule has 0 saturated heterocycles. The number of nitrogens with two attached hydrogens (primary N) is 1. The molecule has 0 bridgehead atoms. The van der Waals surface area contributed by atoms with Gasteiger partial charge in [0, 0.05) is 18.4 Å². The molecule has 96 valence electrons. The van der Waals surface area contributed by atoms with Crippen LogP contribution in [0.2, 0.25) is 0 Å². The third-order valence-electron chi connectivity index (χ3n) is 2.75. The molecule has 3 unspecified atom stereocenters. The zero-order valence-corrected chi connectivity index (χ0v) is 11.2. The predicted octanol–water partition coefficient (Wildman–Crippen LogP) is 0.590. The van der Waals surface area contributed by atoms with E-state index in [9.17, 15) is 4.79 Å². The van der Waals surface area contributed by atoms with Gasteiger partial charge < -0.3 is 16.2 Å². The van der Waals surface area contributed by atoms with Gasteiger partial charge >= 0.3 is 0 Å². The van der Waals surface area contributed by atoms with E-state index in [1.165, 1.54) is 0 Å². The van der Waals surface area contributed by atoms with Crippen LogP contribution in [0, 0.1) is 5.92 Å². The van der Waals surface area contributed by atoms with E-state index >= 15 is 0 Å². The normalized spacial score (nSPS) is 16.6. The lowest BCUT2D eigenvalue weighted by atomic mass is 9.99. The molecule has 0 rings (SSSR count). The van der Waals surface area contributed by atoms with Crippen molar-refractivity contribution in [2.75, 3.05) is 18.6 Å². The van der Waals surface area contributed by atoms with Crippen LogP contribution in [0.4, 0.5) is 0 Å². The minimum Gasteiger partial charge on any atom is -0.396 e. The number of carbonyl (C=O) groups is 1. The van der Waals surface area contributed by atoms with Crippen molar-refractivity contribution in [3.63, 3.8) is 0 Å². The Morgan fingerprint density at radius 2 is 2.19 bits per heavy atom. The van der Waals surface area contributed by atoms with Gasteiger partial charge in [0.2, 0.25) is 5.91 Å². The number of nitrogens with one attached hydrogen (secondary N) is 1. The molecule has 4 nitrogen and oxygen atoms in total. The lowest BCUT2D eigenvalue weighted by molar-refractivity contribution is -0.124. The Hall–Kier alpha value is -0.260. The molecule has 3 atom stereocenters. The summed E-state index contributed by atoms with van der Waals surface area (Å²) in [4.78, 5) is 11.8. The number of amides is 1. The molecule has 16 heavy (non-hydrogen) atoms. The Bertz CT molecular complexity index is 196. The Labute approximate surface area is 102 Å². The Kier molecular flexibility index (Phi) is 8.70. The van der Waals surface area contributed by atoms with Crippen molar-refractivity contribution < 1.29 is 9.90 Å². The molecule has 0 aliphatic carbocycles. The van der Waals surface area contributed by atoms with Gasteiger partial charge in [0.1, 0.15) is 0 Å². The summed E-state index contributed by atoms with van der Waals surface area (Å²) in [5.74, 6) is 0.880. The summed E-state index contributed by atoms with van der Waals surface area (Å²) in [6, 6.07) is -0.435. The highest BCUT2D eigenvalue weighted by Gasteiger charge is 2.21. The van der Waals surface area contributed by atoms with Crippen molar-refractivity contribution in [2.45, 2.75) is 38.8 Å². The second-order valence-corrected chi connectivity index (χ2v) is 5.00. The molecular weight excluding hydrogens is 224 g/mol. The van der Waals surface area contributed by atoms with Gasteiger partial charge in [-0.2, -0.15) is 11.8 Å². The maximum absolute atomic E-state index is 11.8. The van der Waals surface area contributed by atoms with E-state index in [1.54, 1.807) is 11.8 Å². The minimum atomic E-state index is -0.451. The largest absolute Gasteiger partial charge is 0.396 e. The standard InChI is InChI=1S/C11H24N2O2S/c1-4-8(2)10(12)11(15)13-9(5-6-14)7-16-3/h8-10,14H,4-7,12H2,1-3H3,(H,13,15). The average molecular weight is 248 g/mol. The molecule has 0 aromatic rings. The maximum Gasteiger partial charge on any atom is 0.237 e. The number of hydrogen-bond donors (Lipinski definition) is 3. The van der Waals surface area contributed by atoms with E-state index in [1.807, 2.05) is 20.1 Å². The highest BCUT2D eigenvalue weighted by Crippen LogP contribution is 2.07. The smallest absolute Gasteiger partial charge is 0.237 e.